The normalized spacial score (nSPS) is 18.7. The number of anilines is 3. The molecule has 2 atom stereocenters. The van der Waals surface area contributed by atoms with Crippen molar-refractivity contribution in [1.29, 1.82) is 0 Å². The molecular weight excluding hydrogens is 421 g/mol. The van der Waals surface area contributed by atoms with Crippen LogP contribution in [0.2, 0.25) is 0 Å². The Hall–Kier alpha value is -4.16. The summed E-state index contributed by atoms with van der Waals surface area (Å²) in [4.78, 5) is 30.3. The second-order valence-electron chi connectivity index (χ2n) is 6.88. The van der Waals surface area contributed by atoms with Crippen LogP contribution in [0.4, 0.5) is 21.7 Å². The highest BCUT2D eigenvalue weighted by atomic mass is 19.1. The number of nitrogens with zero attached hydrogens (tertiary/aromatic N) is 6. The van der Waals surface area contributed by atoms with Gasteiger partial charge in [-0.15, -0.1) is 10.2 Å². The molecule has 3 heterocycles. The third-order valence-electron chi connectivity index (χ3n) is 4.66. The maximum atomic E-state index is 13.2. The van der Waals surface area contributed by atoms with Crippen molar-refractivity contribution in [3.05, 3.63) is 30.2 Å². The minimum Gasteiger partial charge on any atom is -0.492 e. The average molecular weight is 444 g/mol. The van der Waals surface area contributed by atoms with Gasteiger partial charge in [-0.3, -0.25) is 9.59 Å². The Morgan fingerprint density at radius 3 is 2.84 bits per heavy atom. The molecule has 0 aromatic carbocycles. The first-order chi connectivity index (χ1) is 16.6. The van der Waals surface area contributed by atoms with Crippen LogP contribution in [0.15, 0.2) is 24.5 Å². The molecule has 0 bridgehead atoms. The number of pyridine rings is 1. The zero-order chi connectivity index (χ0) is 25.3. The van der Waals surface area contributed by atoms with E-state index >= 15 is 0 Å². The molecule has 32 heavy (non-hydrogen) atoms. The minimum atomic E-state index is -2.78. The zero-order valence-corrected chi connectivity index (χ0v) is 17.0. The number of nitrogens with one attached hydrogen (secondary N) is 3. The summed E-state index contributed by atoms with van der Waals surface area (Å²) in [5, 5.41) is 23.0. The molecule has 1 aliphatic rings. The molecule has 1 aliphatic carbocycles. The van der Waals surface area contributed by atoms with Crippen LogP contribution in [0.1, 0.15) is 21.0 Å². The van der Waals surface area contributed by atoms with E-state index in [2.05, 4.69) is 36.0 Å². The van der Waals surface area contributed by atoms with Crippen molar-refractivity contribution in [3.8, 4) is 17.0 Å². The van der Waals surface area contributed by atoms with E-state index in [1.807, 2.05) is 5.32 Å². The molecule has 0 aliphatic heterocycles. The second kappa shape index (κ2) is 8.53. The number of aryl methyl sites for hydroxylation is 1. The van der Waals surface area contributed by atoms with Crippen molar-refractivity contribution in [2.45, 2.75) is 12.6 Å². The van der Waals surface area contributed by atoms with Crippen LogP contribution < -0.4 is 20.7 Å². The lowest BCUT2D eigenvalue weighted by molar-refractivity contribution is -0.117. The third kappa shape index (κ3) is 4.17. The number of ether oxygens (including phenoxy) is 1. The smallest absolute Gasteiger partial charge is 0.273 e. The maximum Gasteiger partial charge on any atom is 0.273 e. The van der Waals surface area contributed by atoms with Gasteiger partial charge in [-0.1, -0.05) is 0 Å². The fourth-order valence-corrected chi connectivity index (χ4v) is 2.97. The number of aromatic nitrogens is 6. The molecule has 0 radical (unpaired) electrons. The van der Waals surface area contributed by atoms with Crippen molar-refractivity contribution in [2.24, 2.45) is 13.0 Å². The van der Waals surface area contributed by atoms with Gasteiger partial charge in [0.05, 0.1) is 30.5 Å². The van der Waals surface area contributed by atoms with E-state index in [-0.39, 0.29) is 35.2 Å². The lowest BCUT2D eigenvalue weighted by Gasteiger charge is -2.15. The van der Waals surface area contributed by atoms with Crippen LogP contribution in [0.5, 0.6) is 5.75 Å². The molecule has 3 aromatic heterocycles. The zero-order valence-electron chi connectivity index (χ0n) is 20.0. The van der Waals surface area contributed by atoms with Crippen molar-refractivity contribution < 1.29 is 22.8 Å². The monoisotopic (exact) mass is 444 g/mol. The van der Waals surface area contributed by atoms with Gasteiger partial charge in [0, 0.05) is 30.4 Å². The first-order valence-corrected chi connectivity index (χ1v) is 9.37. The Balaban J connectivity index is 1.71. The van der Waals surface area contributed by atoms with Gasteiger partial charge in [-0.05, 0) is 12.5 Å². The van der Waals surface area contributed by atoms with E-state index in [1.165, 1.54) is 30.4 Å². The molecule has 0 saturated heterocycles. The number of hydrogen-bond acceptors (Lipinski definition) is 9. The molecule has 2 amide bonds. The average Bonchev–Trinajstić information content (AvgIpc) is 3.36. The van der Waals surface area contributed by atoms with Gasteiger partial charge in [0.1, 0.15) is 11.9 Å². The van der Waals surface area contributed by atoms with Crippen LogP contribution in [-0.2, 0) is 11.8 Å². The van der Waals surface area contributed by atoms with Gasteiger partial charge in [-0.2, -0.15) is 15.0 Å². The number of carbonyl (C=O) groups excluding carboxylic acids is 2. The summed E-state index contributed by atoms with van der Waals surface area (Å²) in [6, 6.07) is 2.90. The SMILES string of the molecule is [2H]C([2H])([2H])NC(=O)c1nnc(NC(=O)[C@@H]2C[C@@H]2F)cc1Nc1nccc(-c2cnn(C)n2)c1OC. The number of alkyl halides is 1. The van der Waals surface area contributed by atoms with E-state index in [4.69, 9.17) is 8.85 Å². The second-order valence-corrected chi connectivity index (χ2v) is 6.88. The third-order valence-corrected chi connectivity index (χ3v) is 4.66. The van der Waals surface area contributed by atoms with E-state index in [0.717, 1.165) is 0 Å². The van der Waals surface area contributed by atoms with Crippen molar-refractivity contribution >= 4 is 29.1 Å². The Morgan fingerprint density at radius 1 is 1.38 bits per heavy atom. The highest BCUT2D eigenvalue weighted by molar-refractivity contribution is 6.00. The highest BCUT2D eigenvalue weighted by Crippen LogP contribution is 2.37. The number of hydrogen-bond donors (Lipinski definition) is 3. The predicted octanol–water partition coefficient (Wildman–Crippen LogP) is 1.08. The first kappa shape index (κ1) is 17.5. The number of rotatable bonds is 7. The molecule has 1 saturated carbocycles. The summed E-state index contributed by atoms with van der Waals surface area (Å²) in [5.41, 5.74) is 0.598. The fraction of sp³-hybridized carbons (Fsp3) is 0.316. The standard InChI is InChI=1S/C19H20FN9O3/c1-21-19(31)15-12(7-14(26-27-15)25-18(30)10-6-11(10)20)24-17-16(32-3)9(4-5-22-17)13-8-23-29(2)28-13/h4-5,7-8,10-11H,6H2,1-3H3,(H,21,31)(H2,22,24,25,26,30)/t10-,11+/m1/s1/i1D3. The van der Waals surface area contributed by atoms with Gasteiger partial charge in [0.2, 0.25) is 5.91 Å². The Kier molecular flexibility index (Phi) is 4.67. The van der Waals surface area contributed by atoms with E-state index < -0.39 is 30.9 Å². The van der Waals surface area contributed by atoms with Gasteiger partial charge in [-0.25, -0.2) is 9.37 Å². The lowest BCUT2D eigenvalue weighted by atomic mass is 10.2. The number of amides is 2. The van der Waals surface area contributed by atoms with Gasteiger partial charge >= 0.3 is 0 Å². The van der Waals surface area contributed by atoms with E-state index in [0.29, 0.717) is 11.3 Å². The van der Waals surface area contributed by atoms with E-state index in [9.17, 15) is 14.0 Å². The summed E-state index contributed by atoms with van der Waals surface area (Å²) >= 11 is 0. The quantitative estimate of drug-likeness (QED) is 0.486. The van der Waals surface area contributed by atoms with Crippen molar-refractivity contribution in [3.63, 3.8) is 0 Å². The van der Waals surface area contributed by atoms with Crippen LogP contribution in [0.3, 0.4) is 0 Å². The summed E-state index contributed by atoms with van der Waals surface area (Å²) in [7, 11) is 3.06. The Bertz CT molecular complexity index is 1280. The number of halogens is 1. The van der Waals surface area contributed by atoms with Gasteiger partial charge in [0.25, 0.3) is 5.91 Å². The fourth-order valence-electron chi connectivity index (χ4n) is 2.97. The molecule has 0 spiro atoms. The Labute approximate surface area is 185 Å². The van der Waals surface area contributed by atoms with Crippen molar-refractivity contribution in [1.82, 2.24) is 35.5 Å². The predicted molar refractivity (Wildman–Crippen MR) is 111 cm³/mol. The van der Waals surface area contributed by atoms with Crippen LogP contribution in [0, 0.1) is 5.92 Å². The molecule has 4 rings (SSSR count). The summed E-state index contributed by atoms with van der Waals surface area (Å²) in [6.07, 6.45) is 1.87. The number of methoxy groups -OCH3 is 1. The summed E-state index contributed by atoms with van der Waals surface area (Å²) in [6.45, 7) is -2.78. The molecule has 3 N–H and O–H groups in total. The molecule has 0 unspecified atom stereocenters. The number of carbonyl (C=O) groups is 2. The first-order valence-electron chi connectivity index (χ1n) is 10.9. The topological polar surface area (TPSA) is 149 Å². The van der Waals surface area contributed by atoms with E-state index in [1.54, 1.807) is 13.1 Å². The van der Waals surface area contributed by atoms with Crippen molar-refractivity contribution in [2.75, 3.05) is 24.7 Å². The maximum absolute atomic E-state index is 13.2. The summed E-state index contributed by atoms with van der Waals surface area (Å²) < 4.78 is 40.6. The molecule has 166 valence electrons. The summed E-state index contributed by atoms with van der Waals surface area (Å²) in [5.74, 6) is -2.11. The minimum absolute atomic E-state index is 0.0354. The highest BCUT2D eigenvalue weighted by Gasteiger charge is 2.43. The van der Waals surface area contributed by atoms with Gasteiger partial charge in [0.15, 0.2) is 23.1 Å². The van der Waals surface area contributed by atoms with Crippen LogP contribution in [-0.4, -0.2) is 62.2 Å². The van der Waals surface area contributed by atoms with Crippen LogP contribution in [0.25, 0.3) is 11.3 Å². The van der Waals surface area contributed by atoms with Crippen LogP contribution >= 0.6 is 0 Å². The lowest BCUT2D eigenvalue weighted by Crippen LogP contribution is -2.23. The largest absolute Gasteiger partial charge is 0.492 e. The molecule has 1 fully saturated rings. The molecule has 3 aromatic rings. The molecular formula is C19H20FN9O3. The Morgan fingerprint density at radius 2 is 2.19 bits per heavy atom. The molecule has 13 heteroatoms. The van der Waals surface area contributed by atoms with Gasteiger partial charge < -0.3 is 20.7 Å². The molecule has 12 nitrogen and oxygen atoms in total.